The number of hydrogen-bond donors (Lipinski definition) is 1. The number of aryl methyl sites for hydroxylation is 1. The normalized spacial score (nSPS) is 11.9. The van der Waals surface area contributed by atoms with Crippen LogP contribution in [0.2, 0.25) is 0 Å². The topological polar surface area (TPSA) is 68.0 Å². The highest BCUT2D eigenvalue weighted by Crippen LogP contribution is 2.30. The highest BCUT2D eigenvalue weighted by atomic mass is 19.4. The number of halogens is 5. The summed E-state index contributed by atoms with van der Waals surface area (Å²) in [5.74, 6) is -3.24. The summed E-state index contributed by atoms with van der Waals surface area (Å²) in [4.78, 5) is 19.5. The van der Waals surface area contributed by atoms with Crippen LogP contribution in [0.3, 0.4) is 0 Å². The van der Waals surface area contributed by atoms with Gasteiger partial charge >= 0.3 is 6.18 Å². The molecule has 3 rings (SSSR count). The van der Waals surface area contributed by atoms with Crippen molar-refractivity contribution in [3.63, 3.8) is 0 Å². The Morgan fingerprint density at radius 2 is 1.72 bits per heavy atom. The monoisotopic (exact) mass is 413 g/mol. The second-order valence-corrected chi connectivity index (χ2v) is 6.41. The number of rotatable bonds is 6. The fourth-order valence-electron chi connectivity index (χ4n) is 2.90. The number of aromatic nitrogens is 3. The van der Waals surface area contributed by atoms with Crippen molar-refractivity contribution in [2.75, 3.05) is 6.61 Å². The molecule has 29 heavy (non-hydrogen) atoms. The Balaban J connectivity index is 2.02. The highest BCUT2D eigenvalue weighted by Gasteiger charge is 2.31. The van der Waals surface area contributed by atoms with Gasteiger partial charge in [0.1, 0.15) is 0 Å². The maximum Gasteiger partial charge on any atom is 0.419 e. The molecule has 0 aliphatic carbocycles. The average molecular weight is 413 g/mol. The molecule has 0 bridgehead atoms. The summed E-state index contributed by atoms with van der Waals surface area (Å²) in [5.41, 5.74) is -2.28. The second kappa shape index (κ2) is 8.24. The van der Waals surface area contributed by atoms with Gasteiger partial charge in [-0.15, -0.1) is 0 Å². The molecule has 0 saturated carbocycles. The minimum atomic E-state index is -4.66. The summed E-state index contributed by atoms with van der Waals surface area (Å²) in [7, 11) is 0. The fourth-order valence-corrected chi connectivity index (χ4v) is 2.90. The van der Waals surface area contributed by atoms with Gasteiger partial charge in [0.2, 0.25) is 0 Å². The Morgan fingerprint density at radius 1 is 1.03 bits per heavy atom. The van der Waals surface area contributed by atoms with Gasteiger partial charge in [0.25, 0.3) is 5.56 Å². The molecular formula is C19H16F5N3O2. The third-order valence-electron chi connectivity index (χ3n) is 4.42. The van der Waals surface area contributed by atoms with Gasteiger partial charge in [0, 0.05) is 31.7 Å². The minimum absolute atomic E-state index is 0.0290. The summed E-state index contributed by atoms with van der Waals surface area (Å²) in [5, 5.41) is 8.40. The zero-order valence-corrected chi connectivity index (χ0v) is 15.0. The molecule has 0 aliphatic heterocycles. The van der Waals surface area contributed by atoms with E-state index in [1.807, 2.05) is 0 Å². The van der Waals surface area contributed by atoms with Crippen molar-refractivity contribution in [2.24, 2.45) is 0 Å². The van der Waals surface area contributed by atoms with Crippen LogP contribution in [0.25, 0.3) is 22.2 Å². The van der Waals surface area contributed by atoms with Crippen molar-refractivity contribution in [1.82, 2.24) is 14.5 Å². The molecule has 1 aromatic carbocycles. The van der Waals surface area contributed by atoms with Crippen LogP contribution in [-0.4, -0.2) is 26.2 Å². The van der Waals surface area contributed by atoms with Crippen molar-refractivity contribution >= 4 is 10.8 Å². The van der Waals surface area contributed by atoms with E-state index in [0.717, 1.165) is 6.07 Å². The fraction of sp³-hybridized carbons (Fsp3) is 0.316. The summed E-state index contributed by atoms with van der Waals surface area (Å²) >= 11 is 0. The zero-order chi connectivity index (χ0) is 21.2. The van der Waals surface area contributed by atoms with Gasteiger partial charge in [-0.25, -0.2) is 18.7 Å². The molecule has 0 aliphatic rings. The van der Waals surface area contributed by atoms with Gasteiger partial charge in [-0.1, -0.05) is 0 Å². The zero-order valence-electron chi connectivity index (χ0n) is 15.0. The minimum Gasteiger partial charge on any atom is -0.396 e. The van der Waals surface area contributed by atoms with Gasteiger partial charge in [-0.2, -0.15) is 13.2 Å². The van der Waals surface area contributed by atoms with Crippen molar-refractivity contribution in [2.45, 2.75) is 32.0 Å². The molecule has 0 spiro atoms. The Labute approximate surface area is 161 Å². The lowest BCUT2D eigenvalue weighted by molar-refractivity contribution is -0.138. The van der Waals surface area contributed by atoms with E-state index < -0.39 is 45.7 Å². The van der Waals surface area contributed by atoms with Crippen LogP contribution in [-0.2, 0) is 12.7 Å². The molecule has 0 amide bonds. The quantitative estimate of drug-likeness (QED) is 0.491. The molecule has 0 saturated heterocycles. The SMILES string of the molecule is O=c1c2c(F)c(F)c(-c3ncc(C(F)(F)F)cn3)cc2ccn1CCCCCO. The third-order valence-corrected chi connectivity index (χ3v) is 4.42. The van der Waals surface area contributed by atoms with Crippen molar-refractivity contribution in [3.8, 4) is 11.4 Å². The van der Waals surface area contributed by atoms with E-state index in [2.05, 4.69) is 9.97 Å². The van der Waals surface area contributed by atoms with E-state index in [9.17, 15) is 26.7 Å². The van der Waals surface area contributed by atoms with Gasteiger partial charge < -0.3 is 9.67 Å². The summed E-state index contributed by atoms with van der Waals surface area (Å²) in [6.07, 6.45) is -0.452. The van der Waals surface area contributed by atoms with Crippen LogP contribution >= 0.6 is 0 Å². The van der Waals surface area contributed by atoms with Crippen LogP contribution in [0.5, 0.6) is 0 Å². The Bertz CT molecular complexity index is 1080. The first-order valence-electron chi connectivity index (χ1n) is 8.75. The summed E-state index contributed by atoms with van der Waals surface area (Å²) in [6, 6.07) is 2.55. The molecule has 2 aromatic heterocycles. The first-order valence-corrected chi connectivity index (χ1v) is 8.75. The summed E-state index contributed by atoms with van der Waals surface area (Å²) in [6.45, 7) is 0.306. The standard InChI is InChI=1S/C19H16F5N3O2/c20-15-13(17-25-9-12(10-26-17)19(22,23)24)8-11-4-6-27(5-2-1-3-7-28)18(29)14(11)16(15)21/h4,6,8-10,28H,1-3,5,7H2. The number of hydrogen-bond acceptors (Lipinski definition) is 4. The number of aliphatic hydroxyl groups excluding tert-OH is 1. The van der Waals surface area contributed by atoms with E-state index in [4.69, 9.17) is 5.11 Å². The van der Waals surface area contributed by atoms with Gasteiger partial charge in [0.05, 0.1) is 16.5 Å². The lowest BCUT2D eigenvalue weighted by Crippen LogP contribution is -2.21. The average Bonchev–Trinajstić information content (AvgIpc) is 2.68. The number of aliphatic hydroxyl groups is 1. The predicted molar refractivity (Wildman–Crippen MR) is 95.1 cm³/mol. The smallest absolute Gasteiger partial charge is 0.396 e. The molecule has 3 aromatic rings. The lowest BCUT2D eigenvalue weighted by Gasteiger charge is -2.11. The number of pyridine rings is 1. The Morgan fingerprint density at radius 3 is 2.34 bits per heavy atom. The maximum atomic E-state index is 14.6. The molecule has 0 fully saturated rings. The predicted octanol–water partition coefficient (Wildman–Crippen LogP) is 3.92. The lowest BCUT2D eigenvalue weighted by atomic mass is 10.1. The number of fused-ring (bicyclic) bond motifs is 1. The van der Waals surface area contributed by atoms with E-state index >= 15 is 0 Å². The van der Waals surface area contributed by atoms with E-state index in [0.29, 0.717) is 31.7 Å². The van der Waals surface area contributed by atoms with Crippen molar-refractivity contribution in [1.29, 1.82) is 0 Å². The largest absolute Gasteiger partial charge is 0.419 e. The third kappa shape index (κ3) is 4.26. The van der Waals surface area contributed by atoms with Crippen LogP contribution < -0.4 is 5.56 Å². The van der Waals surface area contributed by atoms with E-state index in [-0.39, 0.29) is 18.5 Å². The summed E-state index contributed by atoms with van der Waals surface area (Å²) < 4.78 is 68.3. The highest BCUT2D eigenvalue weighted by molar-refractivity contribution is 5.86. The molecule has 0 radical (unpaired) electrons. The first kappa shape index (κ1) is 20.8. The molecular weight excluding hydrogens is 397 g/mol. The molecule has 0 atom stereocenters. The molecule has 2 heterocycles. The van der Waals surface area contributed by atoms with Gasteiger partial charge in [-0.05, 0) is 36.8 Å². The number of unbranched alkanes of at least 4 members (excludes halogenated alkanes) is 2. The number of nitrogens with zero attached hydrogens (tertiary/aromatic N) is 3. The van der Waals surface area contributed by atoms with E-state index in [1.165, 1.54) is 16.8 Å². The Kier molecular flexibility index (Phi) is 5.92. The van der Waals surface area contributed by atoms with Crippen LogP contribution in [0.15, 0.2) is 35.5 Å². The molecule has 0 unspecified atom stereocenters. The van der Waals surface area contributed by atoms with Crippen LogP contribution in [0.1, 0.15) is 24.8 Å². The molecule has 154 valence electrons. The van der Waals surface area contributed by atoms with Gasteiger partial charge in [0.15, 0.2) is 17.5 Å². The number of benzene rings is 1. The maximum absolute atomic E-state index is 14.6. The molecule has 10 heteroatoms. The van der Waals surface area contributed by atoms with Crippen LogP contribution in [0, 0.1) is 11.6 Å². The second-order valence-electron chi connectivity index (χ2n) is 6.41. The van der Waals surface area contributed by atoms with Crippen molar-refractivity contribution < 1.29 is 27.1 Å². The van der Waals surface area contributed by atoms with Gasteiger partial charge in [-0.3, -0.25) is 4.79 Å². The van der Waals surface area contributed by atoms with Crippen molar-refractivity contribution in [3.05, 3.63) is 58.3 Å². The number of alkyl halides is 3. The molecule has 1 N–H and O–H groups in total. The first-order chi connectivity index (χ1) is 13.7. The molecule has 5 nitrogen and oxygen atoms in total. The Hall–Kier alpha value is -2.88. The van der Waals surface area contributed by atoms with E-state index in [1.54, 1.807) is 0 Å². The van der Waals surface area contributed by atoms with Crippen LogP contribution in [0.4, 0.5) is 22.0 Å².